The minimum Gasteiger partial charge on any atom is -0.326 e. The van der Waals surface area contributed by atoms with Crippen molar-refractivity contribution in [3.8, 4) is 0 Å². The summed E-state index contributed by atoms with van der Waals surface area (Å²) in [6.07, 6.45) is 2.16. The van der Waals surface area contributed by atoms with Gasteiger partial charge in [-0.3, -0.25) is 9.59 Å². The molecule has 2 N–H and O–H groups in total. The van der Waals surface area contributed by atoms with Crippen LogP contribution >= 0.6 is 11.6 Å². The molecule has 122 valence electrons. The van der Waals surface area contributed by atoms with Crippen LogP contribution in [0.2, 0.25) is 5.02 Å². The molecule has 0 radical (unpaired) electrons. The first-order valence-corrected chi connectivity index (χ1v) is 8.90. The molecule has 0 spiro atoms. The number of carbonyl (C=O) groups is 2. The number of anilines is 1. The highest BCUT2D eigenvalue weighted by molar-refractivity contribution is 7.90. The minimum atomic E-state index is -3.68. The lowest BCUT2D eigenvalue weighted by molar-refractivity contribution is -0.114. The number of benzene rings is 1. The van der Waals surface area contributed by atoms with E-state index < -0.39 is 15.9 Å². The summed E-state index contributed by atoms with van der Waals surface area (Å²) >= 11 is 5.96. The van der Waals surface area contributed by atoms with Crippen LogP contribution < -0.4 is 10.0 Å². The molecule has 0 unspecified atom stereocenters. The average molecular weight is 347 g/mol. The molecule has 0 atom stereocenters. The summed E-state index contributed by atoms with van der Waals surface area (Å²) in [5, 5.41) is 2.58. The highest BCUT2D eigenvalue weighted by atomic mass is 35.5. The number of carbonyl (C=O) groups excluding carboxylic acids is 2. The zero-order valence-electron chi connectivity index (χ0n) is 12.5. The van der Waals surface area contributed by atoms with Gasteiger partial charge in [0.25, 0.3) is 5.91 Å². The molecule has 8 heteroatoms. The van der Waals surface area contributed by atoms with E-state index in [1.165, 1.54) is 25.1 Å². The molecule has 1 aromatic rings. The van der Waals surface area contributed by atoms with E-state index >= 15 is 0 Å². The SMILES string of the molecule is CCCCCS(=O)(=O)NC(=O)c1ccc(NC(C)=O)cc1Cl. The van der Waals surface area contributed by atoms with Crippen molar-refractivity contribution in [2.24, 2.45) is 0 Å². The number of nitrogens with one attached hydrogen (secondary N) is 2. The molecule has 1 aromatic carbocycles. The monoisotopic (exact) mass is 346 g/mol. The van der Waals surface area contributed by atoms with Crippen molar-refractivity contribution in [1.29, 1.82) is 0 Å². The normalized spacial score (nSPS) is 11.0. The van der Waals surface area contributed by atoms with Crippen LogP contribution in [0.4, 0.5) is 5.69 Å². The first kappa shape index (κ1) is 18.4. The number of halogens is 1. The third kappa shape index (κ3) is 6.03. The van der Waals surface area contributed by atoms with Gasteiger partial charge in [-0.2, -0.15) is 0 Å². The highest BCUT2D eigenvalue weighted by Gasteiger charge is 2.18. The Kier molecular flexibility index (Phi) is 6.83. The highest BCUT2D eigenvalue weighted by Crippen LogP contribution is 2.21. The number of hydrogen-bond donors (Lipinski definition) is 2. The molecule has 0 aromatic heterocycles. The van der Waals surface area contributed by atoms with Crippen LogP contribution in [0.25, 0.3) is 0 Å². The van der Waals surface area contributed by atoms with Gasteiger partial charge < -0.3 is 5.32 Å². The van der Waals surface area contributed by atoms with Crippen LogP contribution in [0.5, 0.6) is 0 Å². The molecule has 0 saturated heterocycles. The third-order valence-corrected chi connectivity index (χ3v) is 4.43. The Balaban J connectivity index is 2.79. The lowest BCUT2D eigenvalue weighted by atomic mass is 10.2. The van der Waals surface area contributed by atoms with Gasteiger partial charge in [0.05, 0.1) is 16.3 Å². The molecule has 0 aliphatic carbocycles. The lowest BCUT2D eigenvalue weighted by Gasteiger charge is -2.09. The van der Waals surface area contributed by atoms with E-state index in [4.69, 9.17) is 11.6 Å². The topological polar surface area (TPSA) is 92.3 Å². The summed E-state index contributed by atoms with van der Waals surface area (Å²) in [6.45, 7) is 3.30. The van der Waals surface area contributed by atoms with Crippen molar-refractivity contribution in [2.75, 3.05) is 11.1 Å². The van der Waals surface area contributed by atoms with Crippen LogP contribution in [-0.4, -0.2) is 26.0 Å². The minimum absolute atomic E-state index is 0.0369. The number of rotatable bonds is 7. The summed E-state index contributed by atoms with van der Waals surface area (Å²) < 4.78 is 25.6. The van der Waals surface area contributed by atoms with Gasteiger partial charge in [0, 0.05) is 12.6 Å². The molecule has 0 aliphatic rings. The Bertz CT molecular complexity index is 659. The maximum atomic E-state index is 12.0. The molecule has 0 aliphatic heterocycles. The number of hydrogen-bond acceptors (Lipinski definition) is 4. The van der Waals surface area contributed by atoms with Crippen molar-refractivity contribution in [2.45, 2.75) is 33.1 Å². The van der Waals surface area contributed by atoms with Crippen LogP contribution in [0.3, 0.4) is 0 Å². The zero-order valence-corrected chi connectivity index (χ0v) is 14.1. The zero-order chi connectivity index (χ0) is 16.8. The van der Waals surface area contributed by atoms with Crippen LogP contribution in [0.15, 0.2) is 18.2 Å². The second-order valence-electron chi connectivity index (χ2n) is 4.83. The van der Waals surface area contributed by atoms with Crippen molar-refractivity contribution in [3.05, 3.63) is 28.8 Å². The molecule has 6 nitrogen and oxygen atoms in total. The molecular weight excluding hydrogens is 328 g/mol. The number of sulfonamides is 1. The smallest absolute Gasteiger partial charge is 0.266 e. The van der Waals surface area contributed by atoms with Gasteiger partial charge >= 0.3 is 0 Å². The van der Waals surface area contributed by atoms with Gasteiger partial charge in [-0.05, 0) is 24.6 Å². The van der Waals surface area contributed by atoms with E-state index in [0.717, 1.165) is 12.8 Å². The van der Waals surface area contributed by atoms with E-state index in [1.807, 2.05) is 11.6 Å². The average Bonchev–Trinajstić information content (AvgIpc) is 2.37. The van der Waals surface area contributed by atoms with E-state index in [9.17, 15) is 18.0 Å². The fraction of sp³-hybridized carbons (Fsp3) is 0.429. The quantitative estimate of drug-likeness (QED) is 0.742. The Hall–Kier alpha value is -1.60. The van der Waals surface area contributed by atoms with Crippen molar-refractivity contribution >= 4 is 39.1 Å². The molecule has 0 saturated carbocycles. The maximum absolute atomic E-state index is 12.0. The number of amides is 2. The van der Waals surface area contributed by atoms with Gasteiger partial charge in [0.1, 0.15) is 0 Å². The van der Waals surface area contributed by atoms with E-state index in [-0.39, 0.29) is 22.2 Å². The summed E-state index contributed by atoms with van der Waals surface area (Å²) in [5.41, 5.74) is 0.467. The fourth-order valence-corrected chi connectivity index (χ4v) is 3.11. The Labute approximate surface area is 135 Å². The van der Waals surface area contributed by atoms with Crippen LogP contribution in [-0.2, 0) is 14.8 Å². The second kappa shape index (κ2) is 8.14. The Morgan fingerprint density at radius 1 is 1.23 bits per heavy atom. The first-order chi connectivity index (χ1) is 10.2. The summed E-state index contributed by atoms with van der Waals surface area (Å²) in [5.74, 6) is -1.16. The largest absolute Gasteiger partial charge is 0.326 e. The summed E-state index contributed by atoms with van der Waals surface area (Å²) in [7, 11) is -3.68. The number of unbranched alkanes of at least 4 members (excludes halogenated alkanes) is 2. The van der Waals surface area contributed by atoms with Crippen LogP contribution in [0.1, 0.15) is 43.5 Å². The van der Waals surface area contributed by atoms with E-state index in [2.05, 4.69) is 5.32 Å². The second-order valence-corrected chi connectivity index (χ2v) is 7.08. The van der Waals surface area contributed by atoms with Gasteiger partial charge in [0.2, 0.25) is 15.9 Å². The summed E-state index contributed by atoms with van der Waals surface area (Å²) in [6, 6.07) is 4.23. The predicted molar refractivity (Wildman–Crippen MR) is 86.5 cm³/mol. The standard InChI is InChI=1S/C14H19ClN2O4S/c1-3-4-5-8-22(20,21)17-14(19)12-7-6-11(9-13(12)15)16-10(2)18/h6-7,9H,3-5,8H2,1-2H3,(H,16,18)(H,17,19). The molecular formula is C14H19ClN2O4S. The third-order valence-electron chi connectivity index (χ3n) is 2.80. The van der Waals surface area contributed by atoms with Gasteiger partial charge in [-0.15, -0.1) is 0 Å². The lowest BCUT2D eigenvalue weighted by Crippen LogP contribution is -2.32. The fourth-order valence-electron chi connectivity index (χ4n) is 1.77. The van der Waals surface area contributed by atoms with Gasteiger partial charge in [-0.25, -0.2) is 13.1 Å². The van der Waals surface area contributed by atoms with Crippen molar-refractivity contribution in [1.82, 2.24) is 4.72 Å². The molecule has 22 heavy (non-hydrogen) atoms. The van der Waals surface area contributed by atoms with Gasteiger partial charge in [0.15, 0.2) is 0 Å². The molecule has 0 fully saturated rings. The van der Waals surface area contributed by atoms with Gasteiger partial charge in [-0.1, -0.05) is 31.4 Å². The maximum Gasteiger partial charge on any atom is 0.266 e. The van der Waals surface area contributed by atoms with Crippen LogP contribution in [0, 0.1) is 0 Å². The Morgan fingerprint density at radius 2 is 1.91 bits per heavy atom. The van der Waals surface area contributed by atoms with E-state index in [1.54, 1.807) is 0 Å². The predicted octanol–water partition coefficient (Wildman–Crippen LogP) is 2.55. The molecule has 0 bridgehead atoms. The molecule has 2 amide bonds. The molecule has 1 rings (SSSR count). The van der Waals surface area contributed by atoms with Crippen molar-refractivity contribution in [3.63, 3.8) is 0 Å². The Morgan fingerprint density at radius 3 is 2.45 bits per heavy atom. The van der Waals surface area contributed by atoms with Crippen molar-refractivity contribution < 1.29 is 18.0 Å². The first-order valence-electron chi connectivity index (χ1n) is 6.87. The summed E-state index contributed by atoms with van der Waals surface area (Å²) in [4.78, 5) is 22.9. The molecule has 0 heterocycles. The van der Waals surface area contributed by atoms with E-state index in [0.29, 0.717) is 12.1 Å².